The van der Waals surface area contributed by atoms with E-state index in [0.29, 0.717) is 6.54 Å². The molecule has 78 valence electrons. The lowest BCUT2D eigenvalue weighted by Crippen LogP contribution is -2.21. The second-order valence-corrected chi connectivity index (χ2v) is 3.86. The lowest BCUT2D eigenvalue weighted by atomic mass is 9.95. The fourth-order valence-electron chi connectivity index (χ4n) is 2.01. The lowest BCUT2D eigenvalue weighted by molar-refractivity contribution is 0.738. The average Bonchev–Trinajstić information content (AvgIpc) is 2.28. The lowest BCUT2D eigenvalue weighted by Gasteiger charge is -2.15. The zero-order chi connectivity index (χ0) is 10.8. The van der Waals surface area contributed by atoms with E-state index in [1.807, 2.05) is 12.1 Å². The van der Waals surface area contributed by atoms with E-state index in [1.165, 1.54) is 21.9 Å². The van der Waals surface area contributed by atoms with Crippen molar-refractivity contribution in [3.63, 3.8) is 0 Å². The summed E-state index contributed by atoms with van der Waals surface area (Å²) < 4.78 is 0. The summed E-state index contributed by atoms with van der Waals surface area (Å²) in [4.78, 5) is 0. The summed E-state index contributed by atoms with van der Waals surface area (Å²) >= 11 is 0. The van der Waals surface area contributed by atoms with Gasteiger partial charge in [-0.25, -0.2) is 0 Å². The third kappa shape index (κ3) is 1.74. The van der Waals surface area contributed by atoms with Crippen molar-refractivity contribution in [1.29, 1.82) is 0 Å². The molecular formula is C13H16N2. The monoisotopic (exact) mass is 200 g/mol. The second kappa shape index (κ2) is 4.01. The fraction of sp³-hybridized carbons (Fsp3) is 0.231. The van der Waals surface area contributed by atoms with Crippen molar-refractivity contribution in [2.75, 3.05) is 6.54 Å². The molecule has 0 aliphatic carbocycles. The van der Waals surface area contributed by atoms with Crippen LogP contribution in [0.15, 0.2) is 36.4 Å². The number of rotatable bonds is 2. The van der Waals surface area contributed by atoms with E-state index < -0.39 is 0 Å². The molecule has 0 saturated carbocycles. The minimum Gasteiger partial charge on any atom is -0.329 e. The Morgan fingerprint density at radius 2 is 1.87 bits per heavy atom. The smallest absolute Gasteiger partial charge is 0.0428 e. The molecule has 0 aliphatic rings. The van der Waals surface area contributed by atoms with Crippen LogP contribution in [0.4, 0.5) is 0 Å². The van der Waals surface area contributed by atoms with Gasteiger partial charge in [-0.1, -0.05) is 36.4 Å². The second-order valence-electron chi connectivity index (χ2n) is 3.86. The summed E-state index contributed by atoms with van der Waals surface area (Å²) in [6, 6.07) is 12.4. The molecule has 0 aromatic heterocycles. The predicted octanol–water partition coefficient (Wildman–Crippen LogP) is 2.11. The number of nitrogens with two attached hydrogens (primary N) is 2. The Balaban J connectivity index is 2.74. The molecule has 0 aliphatic heterocycles. The number of hydrogen-bond acceptors (Lipinski definition) is 2. The van der Waals surface area contributed by atoms with Crippen molar-refractivity contribution in [3.8, 4) is 0 Å². The normalized spacial score (nSPS) is 13.0. The molecule has 0 amide bonds. The van der Waals surface area contributed by atoms with Gasteiger partial charge in [0.1, 0.15) is 0 Å². The Morgan fingerprint density at radius 1 is 1.13 bits per heavy atom. The first-order chi connectivity index (χ1) is 7.24. The van der Waals surface area contributed by atoms with Crippen molar-refractivity contribution < 1.29 is 0 Å². The number of fused-ring (bicyclic) bond motifs is 1. The van der Waals surface area contributed by atoms with Gasteiger partial charge in [0.2, 0.25) is 0 Å². The molecule has 15 heavy (non-hydrogen) atoms. The molecule has 1 atom stereocenters. The van der Waals surface area contributed by atoms with Gasteiger partial charge in [-0.05, 0) is 28.8 Å². The van der Waals surface area contributed by atoms with E-state index in [4.69, 9.17) is 11.5 Å². The van der Waals surface area contributed by atoms with Gasteiger partial charge in [-0.3, -0.25) is 0 Å². The Bertz CT molecular complexity index is 477. The number of benzene rings is 2. The highest BCUT2D eigenvalue weighted by Gasteiger charge is 2.10. The molecule has 2 aromatic carbocycles. The van der Waals surface area contributed by atoms with Gasteiger partial charge in [0, 0.05) is 12.6 Å². The van der Waals surface area contributed by atoms with Crippen molar-refractivity contribution in [3.05, 3.63) is 47.5 Å². The molecule has 2 nitrogen and oxygen atoms in total. The molecule has 0 radical (unpaired) electrons. The van der Waals surface area contributed by atoms with Gasteiger partial charge in [-0.15, -0.1) is 0 Å². The van der Waals surface area contributed by atoms with Crippen molar-refractivity contribution >= 4 is 10.8 Å². The van der Waals surface area contributed by atoms with Crippen molar-refractivity contribution in [2.24, 2.45) is 11.5 Å². The number of aryl methyl sites for hydroxylation is 1. The van der Waals surface area contributed by atoms with Crippen LogP contribution in [0.1, 0.15) is 17.2 Å². The first-order valence-corrected chi connectivity index (χ1v) is 5.18. The zero-order valence-electron chi connectivity index (χ0n) is 8.90. The van der Waals surface area contributed by atoms with Crippen LogP contribution >= 0.6 is 0 Å². The summed E-state index contributed by atoms with van der Waals surface area (Å²) in [5, 5.41) is 2.44. The Hall–Kier alpha value is -1.38. The molecule has 0 fully saturated rings. The highest BCUT2D eigenvalue weighted by Crippen LogP contribution is 2.25. The summed E-state index contributed by atoms with van der Waals surface area (Å²) in [5.74, 6) is 0. The van der Waals surface area contributed by atoms with Crippen LogP contribution in [0, 0.1) is 6.92 Å². The average molecular weight is 200 g/mol. The molecule has 0 spiro atoms. The first-order valence-electron chi connectivity index (χ1n) is 5.18. The highest BCUT2D eigenvalue weighted by atomic mass is 14.7. The van der Waals surface area contributed by atoms with Gasteiger partial charge >= 0.3 is 0 Å². The van der Waals surface area contributed by atoms with Gasteiger partial charge < -0.3 is 11.5 Å². The molecule has 4 N–H and O–H groups in total. The van der Waals surface area contributed by atoms with Crippen LogP contribution in [0.5, 0.6) is 0 Å². The fourth-order valence-corrected chi connectivity index (χ4v) is 2.01. The molecule has 0 bridgehead atoms. The summed E-state index contributed by atoms with van der Waals surface area (Å²) in [5.41, 5.74) is 14.1. The van der Waals surface area contributed by atoms with E-state index in [1.54, 1.807) is 0 Å². The van der Waals surface area contributed by atoms with Gasteiger partial charge in [-0.2, -0.15) is 0 Å². The summed E-state index contributed by atoms with van der Waals surface area (Å²) in [7, 11) is 0. The van der Waals surface area contributed by atoms with Crippen LogP contribution < -0.4 is 11.5 Å². The zero-order valence-corrected chi connectivity index (χ0v) is 8.90. The Morgan fingerprint density at radius 3 is 2.60 bits per heavy atom. The first kappa shape index (κ1) is 10.1. The Kier molecular flexibility index (Phi) is 2.71. The summed E-state index contributed by atoms with van der Waals surface area (Å²) in [6.07, 6.45) is 0. The maximum atomic E-state index is 6.04. The third-order valence-electron chi connectivity index (χ3n) is 2.81. The van der Waals surface area contributed by atoms with E-state index in [-0.39, 0.29) is 6.04 Å². The quantitative estimate of drug-likeness (QED) is 0.780. The van der Waals surface area contributed by atoms with Crippen LogP contribution in [-0.2, 0) is 0 Å². The topological polar surface area (TPSA) is 52.0 Å². The van der Waals surface area contributed by atoms with Gasteiger partial charge in [0.25, 0.3) is 0 Å². The van der Waals surface area contributed by atoms with E-state index in [0.717, 1.165) is 0 Å². The van der Waals surface area contributed by atoms with E-state index in [2.05, 4.69) is 31.2 Å². The molecule has 1 unspecified atom stereocenters. The molecule has 0 heterocycles. The molecule has 2 rings (SSSR count). The Labute approximate surface area is 89.9 Å². The highest BCUT2D eigenvalue weighted by molar-refractivity contribution is 5.87. The van der Waals surface area contributed by atoms with Crippen LogP contribution in [0.25, 0.3) is 10.8 Å². The van der Waals surface area contributed by atoms with Crippen LogP contribution in [0.2, 0.25) is 0 Å². The van der Waals surface area contributed by atoms with Gasteiger partial charge in [0.05, 0.1) is 0 Å². The molecular weight excluding hydrogens is 184 g/mol. The van der Waals surface area contributed by atoms with Crippen LogP contribution in [0.3, 0.4) is 0 Å². The maximum absolute atomic E-state index is 6.04. The third-order valence-corrected chi connectivity index (χ3v) is 2.81. The molecule has 0 saturated heterocycles. The number of hydrogen-bond donors (Lipinski definition) is 2. The van der Waals surface area contributed by atoms with Crippen LogP contribution in [-0.4, -0.2) is 6.54 Å². The van der Waals surface area contributed by atoms with E-state index >= 15 is 0 Å². The minimum absolute atomic E-state index is 0.0731. The molecule has 2 heteroatoms. The summed E-state index contributed by atoms with van der Waals surface area (Å²) in [6.45, 7) is 2.56. The molecule has 2 aromatic rings. The van der Waals surface area contributed by atoms with E-state index in [9.17, 15) is 0 Å². The van der Waals surface area contributed by atoms with Crippen molar-refractivity contribution in [1.82, 2.24) is 0 Å². The predicted molar refractivity (Wildman–Crippen MR) is 64.7 cm³/mol. The maximum Gasteiger partial charge on any atom is 0.0428 e. The largest absolute Gasteiger partial charge is 0.329 e. The van der Waals surface area contributed by atoms with Gasteiger partial charge in [0.15, 0.2) is 0 Å². The van der Waals surface area contributed by atoms with Crippen molar-refractivity contribution in [2.45, 2.75) is 13.0 Å². The standard InChI is InChI=1S/C13H16N2/c1-9-6-7-10-4-2-3-5-11(10)13(9)12(15)8-14/h2-7,12H,8,14-15H2,1H3. The minimum atomic E-state index is -0.0731. The SMILES string of the molecule is Cc1ccc2ccccc2c1C(N)CN.